The molecule has 0 unspecified atom stereocenters. The van der Waals surface area contributed by atoms with Crippen molar-refractivity contribution in [2.45, 2.75) is 197 Å². The normalized spacial score (nSPS) is 18.8. The summed E-state index contributed by atoms with van der Waals surface area (Å²) in [6, 6.07) is 8.96. The second-order valence-corrected chi connectivity index (χ2v) is 30.6. The molecule has 6 rings (SSSR count). The Hall–Kier alpha value is -12.3. The first-order chi connectivity index (χ1) is 55.9. The number of para-hydroxylation sites is 1. The number of nitrogens with one attached hydrogen (secondary N) is 14. The van der Waals surface area contributed by atoms with E-state index in [9.17, 15) is 57.8 Å². The summed E-state index contributed by atoms with van der Waals surface area (Å²) in [5.41, 5.74) is 27.5. The highest BCUT2D eigenvalue weighted by Crippen LogP contribution is 2.24. The van der Waals surface area contributed by atoms with Crippen LogP contribution in [0.15, 0.2) is 97.2 Å². The van der Waals surface area contributed by atoms with Crippen LogP contribution in [-0.4, -0.2) is 220 Å². The number of benzene rings is 4. The molecule has 1 aliphatic heterocycles. The van der Waals surface area contributed by atoms with Crippen molar-refractivity contribution in [3.8, 4) is 5.75 Å². The number of carbonyl (C=O) groups excluding carboxylic acids is 17. The van der Waals surface area contributed by atoms with Gasteiger partial charge in [-0.15, -0.1) is 0 Å². The molecule has 640 valence electrons. The molecule has 17 amide bonds. The minimum absolute atomic E-state index is 0.124. The molecule has 1 aromatic heterocycles. The van der Waals surface area contributed by atoms with Crippen LogP contribution in [0.25, 0.3) is 21.7 Å². The molecule has 0 bridgehead atoms. The van der Waals surface area contributed by atoms with Gasteiger partial charge in [0.05, 0.1) is 19.1 Å². The van der Waals surface area contributed by atoms with Crippen LogP contribution in [0.1, 0.15) is 122 Å². The molecule has 118 heavy (non-hydrogen) atoms. The van der Waals surface area contributed by atoms with Gasteiger partial charge in [-0.05, 0) is 116 Å². The van der Waals surface area contributed by atoms with Gasteiger partial charge in [0.25, 0.3) is 0 Å². The van der Waals surface area contributed by atoms with E-state index >= 15 is 28.8 Å². The van der Waals surface area contributed by atoms with Crippen molar-refractivity contribution in [1.29, 1.82) is 0 Å². The SMILES string of the molecule is CC(=O)NCCCC[C@H](NC(=O)[C@](C)(CC(C)C)NC(=O)[C@H](Cc1ccc2ccccc2c1)NC(=O)[C@H](Cc1ccc(OCCN)cc1)NC(=O)[C@@H]1CSCC[C@H](NC(C)=O)C(=O)N[C@@H](CCC(N)=O)C(=O)N[C@@H]([C@@H](C)O)C(=O)N[C@@H](Cc2c[nH]c3ccccc23)C(=O)N[C@@H](CCC(N)=O)C(=O)N1)C(=O)N[C@@H](CC(N)=O)C(=O)NCC(N)=O. The fourth-order valence-corrected chi connectivity index (χ4v) is 14.1. The van der Waals surface area contributed by atoms with Gasteiger partial charge in [0.1, 0.15) is 78.3 Å². The average Bonchev–Trinajstić information content (AvgIpc) is 1.04. The summed E-state index contributed by atoms with van der Waals surface area (Å²) >= 11 is 0.933. The minimum Gasteiger partial charge on any atom is -0.492 e. The predicted octanol–water partition coefficient (Wildman–Crippen LogP) is -3.69. The number of aliphatic hydroxyl groups is 1. The quantitative estimate of drug-likeness (QED) is 0.0168. The number of aromatic amines is 1. The van der Waals surface area contributed by atoms with Gasteiger partial charge < -0.3 is 113 Å². The van der Waals surface area contributed by atoms with E-state index in [4.69, 9.17) is 33.4 Å². The maximum Gasteiger partial charge on any atom is 0.246 e. The molecule has 38 nitrogen and oxygen atoms in total. The summed E-state index contributed by atoms with van der Waals surface area (Å²) in [7, 11) is 0. The van der Waals surface area contributed by atoms with Gasteiger partial charge in [-0.1, -0.05) is 86.6 Å². The van der Waals surface area contributed by atoms with Crippen LogP contribution in [0.2, 0.25) is 0 Å². The number of amides is 17. The van der Waals surface area contributed by atoms with Gasteiger partial charge in [0, 0.05) is 81.9 Å². The number of nitrogens with two attached hydrogens (primary N) is 5. The number of unbranched alkanes of at least 4 members (excludes halogenated alkanes) is 1. The van der Waals surface area contributed by atoms with Gasteiger partial charge in [-0.2, -0.15) is 11.8 Å². The van der Waals surface area contributed by atoms with E-state index in [0.717, 1.165) is 36.4 Å². The first-order valence-corrected chi connectivity index (χ1v) is 39.8. The standard InChI is InChI=1S/C79H109N19O19S/c1-42(2)38-79(6,78(116)96-54(17-11-12-30-85-44(4)100)69(107)93-61(37-65(83)104)68(106)87-40-66(84)105)98-76(114)59(35-47-18-21-48-13-7-8-14-49(48)33-47)92-73(111)58(34-46-19-22-51(23-20-46)117-31-29-80)91-75(113)62-41-118-32-28-57(88-45(5)101)71(109)89-56(25-27-64(82)103)72(110)97-67(43(3)99)77(115)94-60(36-50-39-86-53-16-10-9-15-52(50)53)74(112)90-55(70(108)95-62)24-26-63(81)102/h7-10,13-16,18-23,33,39,42-43,54-62,67,86,99H,11-12,17,24-32,34-38,40-41,80H2,1-6H3,(H2,81,102)(H2,82,103)(H2,83,104)(H2,84,105)(H,85,100)(H,87,106)(H,88,101)(H,89,109)(H,90,112)(H,91,113)(H,92,111)(H,93,107)(H,94,115)(H,95,108)(H,96,116)(H,97,110)(H,98,114)/t43-,54+,55+,56+,57+,58+,59+,60+,61+,62+,67+,79+/m1/s1. The molecular weight excluding hydrogens is 1550 g/mol. The van der Waals surface area contributed by atoms with Crippen molar-refractivity contribution in [3.63, 3.8) is 0 Å². The van der Waals surface area contributed by atoms with E-state index in [1.54, 1.807) is 92.8 Å². The molecule has 4 aromatic carbocycles. The molecule has 0 spiro atoms. The number of aliphatic hydroxyl groups excluding tert-OH is 1. The highest BCUT2D eigenvalue weighted by Gasteiger charge is 2.42. The second kappa shape index (κ2) is 46.5. The molecule has 2 heterocycles. The molecule has 5 aromatic rings. The Morgan fingerprint density at radius 1 is 0.602 bits per heavy atom. The van der Waals surface area contributed by atoms with Crippen molar-refractivity contribution >= 4 is 134 Å². The van der Waals surface area contributed by atoms with Gasteiger partial charge in [0.2, 0.25) is 100 Å². The number of carbonyl (C=O) groups is 17. The zero-order valence-electron chi connectivity index (χ0n) is 66.7. The van der Waals surface area contributed by atoms with Crippen molar-refractivity contribution < 1.29 is 91.4 Å². The summed E-state index contributed by atoms with van der Waals surface area (Å²) < 4.78 is 5.73. The third-order valence-electron chi connectivity index (χ3n) is 19.0. The van der Waals surface area contributed by atoms with Crippen molar-refractivity contribution in [1.82, 2.24) is 74.1 Å². The lowest BCUT2D eigenvalue weighted by Crippen LogP contribution is -2.65. The molecule has 25 N–H and O–H groups in total. The van der Waals surface area contributed by atoms with Gasteiger partial charge in [-0.3, -0.25) is 81.5 Å². The lowest BCUT2D eigenvalue weighted by Gasteiger charge is -2.35. The number of fused-ring (bicyclic) bond motifs is 2. The molecule has 1 aliphatic rings. The molecular formula is C79H109N19O19S. The number of rotatable bonds is 39. The van der Waals surface area contributed by atoms with E-state index in [0.29, 0.717) is 33.3 Å². The number of ether oxygens (including phenoxy) is 1. The Morgan fingerprint density at radius 3 is 1.82 bits per heavy atom. The van der Waals surface area contributed by atoms with Gasteiger partial charge in [-0.25, -0.2) is 0 Å². The van der Waals surface area contributed by atoms with Gasteiger partial charge >= 0.3 is 0 Å². The van der Waals surface area contributed by atoms with E-state index < -0.39 is 217 Å². The fraction of sp³-hybridized carbons (Fsp3) is 0.481. The first-order valence-electron chi connectivity index (χ1n) is 38.6. The largest absolute Gasteiger partial charge is 0.492 e. The topological polar surface area (TPSA) is 622 Å². The molecule has 0 radical (unpaired) electrons. The average molecular weight is 1660 g/mol. The number of H-pyrrole nitrogens is 1. The lowest BCUT2D eigenvalue weighted by molar-refractivity contribution is -0.138. The monoisotopic (exact) mass is 1660 g/mol. The smallest absolute Gasteiger partial charge is 0.246 e. The molecule has 0 aliphatic carbocycles. The first kappa shape index (κ1) is 94.6. The number of hydrogen-bond donors (Lipinski definition) is 20. The van der Waals surface area contributed by atoms with Crippen LogP contribution in [0.3, 0.4) is 0 Å². The van der Waals surface area contributed by atoms with Crippen molar-refractivity contribution in [3.05, 3.63) is 114 Å². The van der Waals surface area contributed by atoms with Crippen LogP contribution in [0.4, 0.5) is 0 Å². The number of hydrogen-bond acceptors (Lipinski definition) is 21. The maximum atomic E-state index is 15.7. The van der Waals surface area contributed by atoms with Gasteiger partial charge in [0.15, 0.2) is 0 Å². The predicted molar refractivity (Wildman–Crippen MR) is 434 cm³/mol. The summed E-state index contributed by atoms with van der Waals surface area (Å²) in [5.74, 6) is -16.9. The maximum absolute atomic E-state index is 15.7. The number of thioether (sulfide) groups is 1. The Balaban J connectivity index is 1.46. The third-order valence-corrected chi connectivity index (χ3v) is 20.1. The Labute approximate surface area is 685 Å². The molecule has 0 saturated carbocycles. The second-order valence-electron chi connectivity index (χ2n) is 29.5. The fourth-order valence-electron chi connectivity index (χ4n) is 13.1. The molecule has 1 fully saturated rings. The van der Waals surface area contributed by atoms with E-state index in [2.05, 4.69) is 74.1 Å². The molecule has 12 atom stereocenters. The Morgan fingerprint density at radius 2 is 1.19 bits per heavy atom. The summed E-state index contributed by atoms with van der Waals surface area (Å²) in [4.78, 5) is 240. The Kier molecular flexibility index (Phi) is 37.3. The van der Waals surface area contributed by atoms with Crippen LogP contribution in [0, 0.1) is 5.92 Å². The van der Waals surface area contributed by atoms with Crippen LogP contribution in [0.5, 0.6) is 5.75 Å². The van der Waals surface area contributed by atoms with Crippen molar-refractivity contribution in [2.75, 3.05) is 37.7 Å². The zero-order valence-corrected chi connectivity index (χ0v) is 67.5. The minimum atomic E-state index is -1.98. The number of primary amides is 4. The van der Waals surface area contributed by atoms with E-state index in [1.165, 1.54) is 13.8 Å². The van der Waals surface area contributed by atoms with Crippen molar-refractivity contribution in [2.24, 2.45) is 34.6 Å². The summed E-state index contributed by atoms with van der Waals surface area (Å²) in [6.45, 7) is 8.17. The van der Waals surface area contributed by atoms with Crippen LogP contribution < -0.4 is 103 Å². The summed E-state index contributed by atoms with van der Waals surface area (Å²) in [5, 5.41) is 46.8. The zero-order chi connectivity index (χ0) is 86.9. The third kappa shape index (κ3) is 31.1. The molecule has 1 saturated heterocycles. The lowest BCUT2D eigenvalue weighted by atomic mass is 9.88. The van der Waals surface area contributed by atoms with E-state index in [1.807, 2.05) is 18.2 Å². The molecule has 39 heteroatoms. The highest BCUT2D eigenvalue weighted by molar-refractivity contribution is 7.99. The van der Waals surface area contributed by atoms with Crippen LogP contribution in [-0.2, 0) is 101 Å². The summed E-state index contributed by atoms with van der Waals surface area (Å²) in [6.07, 6.45) is -4.04. The number of aromatic nitrogens is 1. The highest BCUT2D eigenvalue weighted by atomic mass is 32.2. The van der Waals surface area contributed by atoms with E-state index in [-0.39, 0.29) is 82.7 Å². The Bertz CT molecular complexity index is 4430. The van der Waals surface area contributed by atoms with Crippen LogP contribution >= 0.6 is 11.8 Å².